The fourth-order valence-corrected chi connectivity index (χ4v) is 0.909. The summed E-state index contributed by atoms with van der Waals surface area (Å²) in [6.45, 7) is 1.65. The first kappa shape index (κ1) is 7.50. The Labute approximate surface area is 59.0 Å². The molecule has 10 heavy (non-hydrogen) atoms. The number of hydrogen-bond acceptors (Lipinski definition) is 3. The van der Waals surface area contributed by atoms with Gasteiger partial charge in [0.05, 0.1) is 12.2 Å². The van der Waals surface area contributed by atoms with Crippen molar-refractivity contribution in [2.45, 2.75) is 31.7 Å². The lowest BCUT2D eigenvalue weighted by atomic mass is 10.2. The van der Waals surface area contributed by atoms with Gasteiger partial charge in [0.1, 0.15) is 0 Å². The van der Waals surface area contributed by atoms with Gasteiger partial charge >= 0.3 is 0 Å². The first-order valence-corrected chi connectivity index (χ1v) is 3.24. The number of hydrogen-bond donors (Lipinski definition) is 2. The Morgan fingerprint density at radius 2 is 2.50 bits per heavy atom. The van der Waals surface area contributed by atoms with Crippen molar-refractivity contribution in [1.29, 1.82) is 0 Å². The van der Waals surface area contributed by atoms with Crippen LogP contribution in [0.3, 0.4) is 0 Å². The van der Waals surface area contributed by atoms with E-state index in [1.807, 2.05) is 0 Å². The average molecular weight is 145 g/mol. The van der Waals surface area contributed by atoms with E-state index < -0.39 is 18.1 Å². The van der Waals surface area contributed by atoms with Crippen LogP contribution in [-0.2, 0) is 9.53 Å². The van der Waals surface area contributed by atoms with Gasteiger partial charge in [-0.1, -0.05) is 0 Å². The van der Waals surface area contributed by atoms with Gasteiger partial charge < -0.3 is 15.6 Å². The van der Waals surface area contributed by atoms with Crippen LogP contribution in [0.4, 0.5) is 0 Å². The molecule has 0 aromatic rings. The van der Waals surface area contributed by atoms with Gasteiger partial charge in [0.2, 0.25) is 5.91 Å². The van der Waals surface area contributed by atoms with E-state index in [-0.39, 0.29) is 6.10 Å². The van der Waals surface area contributed by atoms with Crippen LogP contribution in [0.5, 0.6) is 0 Å². The Hall–Kier alpha value is -0.610. The summed E-state index contributed by atoms with van der Waals surface area (Å²) in [6.07, 6.45) is -0.519. The van der Waals surface area contributed by atoms with Crippen LogP contribution < -0.4 is 5.73 Å². The SMILES string of the molecule is C[C@H](O)C[C@@H]1O[C@@H]1C(N)=O. The molecular formula is C6H11NO3. The van der Waals surface area contributed by atoms with Crippen LogP contribution in [0.15, 0.2) is 0 Å². The standard InChI is InChI=1S/C6H11NO3/c1-3(8)2-4-5(10-4)6(7)9/h3-5,8H,2H2,1H3,(H2,7,9)/t3-,4-,5-/m0/s1. The zero-order valence-corrected chi connectivity index (χ0v) is 5.78. The van der Waals surface area contributed by atoms with E-state index in [1.54, 1.807) is 6.92 Å². The summed E-state index contributed by atoms with van der Waals surface area (Å²) in [5, 5.41) is 8.83. The molecule has 1 aliphatic heterocycles. The predicted molar refractivity (Wildman–Crippen MR) is 34.2 cm³/mol. The van der Waals surface area contributed by atoms with Crippen LogP contribution in [0, 0.1) is 0 Å². The van der Waals surface area contributed by atoms with Crippen LogP contribution in [-0.4, -0.2) is 29.3 Å². The minimum absolute atomic E-state index is 0.141. The highest BCUT2D eigenvalue weighted by atomic mass is 16.6. The molecule has 3 N–H and O–H groups in total. The number of nitrogens with two attached hydrogens (primary N) is 1. The number of carbonyl (C=O) groups excluding carboxylic acids is 1. The van der Waals surface area contributed by atoms with Gasteiger partial charge in [0.25, 0.3) is 0 Å². The molecule has 1 amide bonds. The van der Waals surface area contributed by atoms with Crippen molar-refractivity contribution in [2.75, 3.05) is 0 Å². The van der Waals surface area contributed by atoms with E-state index in [9.17, 15) is 4.79 Å². The smallest absolute Gasteiger partial charge is 0.249 e. The normalized spacial score (nSPS) is 33.4. The van der Waals surface area contributed by atoms with Gasteiger partial charge in [0, 0.05) is 6.42 Å². The fourth-order valence-electron chi connectivity index (χ4n) is 0.909. The predicted octanol–water partition coefficient (Wildman–Crippen LogP) is -0.990. The van der Waals surface area contributed by atoms with Crippen LogP contribution >= 0.6 is 0 Å². The summed E-state index contributed by atoms with van der Waals surface area (Å²) in [5.74, 6) is -0.439. The number of aliphatic hydroxyl groups is 1. The van der Waals surface area contributed by atoms with Crippen molar-refractivity contribution in [3.8, 4) is 0 Å². The Morgan fingerprint density at radius 3 is 2.80 bits per heavy atom. The lowest BCUT2D eigenvalue weighted by Gasteiger charge is -1.96. The third kappa shape index (κ3) is 1.68. The van der Waals surface area contributed by atoms with E-state index in [2.05, 4.69) is 0 Å². The highest BCUT2D eigenvalue weighted by Gasteiger charge is 2.43. The van der Waals surface area contributed by atoms with Crippen LogP contribution in [0.25, 0.3) is 0 Å². The first-order chi connectivity index (χ1) is 4.61. The lowest BCUT2D eigenvalue weighted by molar-refractivity contribution is -0.119. The molecule has 1 saturated heterocycles. The molecule has 0 aromatic heterocycles. The quantitative estimate of drug-likeness (QED) is 0.500. The third-order valence-electron chi connectivity index (χ3n) is 1.44. The Bertz CT molecular complexity index is 146. The molecule has 4 nitrogen and oxygen atoms in total. The van der Waals surface area contributed by atoms with Crippen molar-refractivity contribution >= 4 is 5.91 Å². The molecule has 0 aliphatic carbocycles. The van der Waals surface area contributed by atoms with Crippen LogP contribution in [0.2, 0.25) is 0 Å². The van der Waals surface area contributed by atoms with Gasteiger partial charge in [0.15, 0.2) is 6.10 Å². The Balaban J connectivity index is 2.20. The van der Waals surface area contributed by atoms with Gasteiger partial charge in [-0.05, 0) is 6.92 Å². The minimum Gasteiger partial charge on any atom is -0.393 e. The maximum Gasteiger partial charge on any atom is 0.249 e. The van der Waals surface area contributed by atoms with E-state index in [4.69, 9.17) is 15.6 Å². The number of carbonyl (C=O) groups is 1. The van der Waals surface area contributed by atoms with Gasteiger partial charge in [-0.3, -0.25) is 4.79 Å². The molecule has 3 atom stereocenters. The maximum absolute atomic E-state index is 10.4. The molecule has 58 valence electrons. The molecule has 0 aromatic carbocycles. The second kappa shape index (κ2) is 2.56. The van der Waals surface area contributed by atoms with E-state index in [0.29, 0.717) is 6.42 Å². The Kier molecular flexibility index (Phi) is 1.92. The maximum atomic E-state index is 10.4. The zero-order valence-electron chi connectivity index (χ0n) is 5.78. The molecule has 0 spiro atoms. The zero-order chi connectivity index (χ0) is 7.72. The summed E-state index contributed by atoms with van der Waals surface area (Å²) in [5.41, 5.74) is 4.92. The summed E-state index contributed by atoms with van der Waals surface area (Å²) in [6, 6.07) is 0. The highest BCUT2D eigenvalue weighted by Crippen LogP contribution is 2.25. The number of amides is 1. The topological polar surface area (TPSA) is 75.8 Å². The van der Waals surface area contributed by atoms with Crippen LogP contribution in [0.1, 0.15) is 13.3 Å². The molecular weight excluding hydrogens is 134 g/mol. The molecule has 0 radical (unpaired) electrons. The molecule has 0 saturated carbocycles. The van der Waals surface area contributed by atoms with Crippen molar-refractivity contribution in [2.24, 2.45) is 5.73 Å². The average Bonchev–Trinajstić information content (AvgIpc) is 2.43. The summed E-state index contributed by atoms with van der Waals surface area (Å²) in [7, 11) is 0. The monoisotopic (exact) mass is 145 g/mol. The summed E-state index contributed by atoms with van der Waals surface area (Å²) in [4.78, 5) is 10.4. The van der Waals surface area contributed by atoms with Gasteiger partial charge in [-0.2, -0.15) is 0 Å². The Morgan fingerprint density at radius 1 is 1.90 bits per heavy atom. The molecule has 1 aliphatic rings. The number of ether oxygens (including phenoxy) is 1. The van der Waals surface area contributed by atoms with Crippen molar-refractivity contribution in [3.05, 3.63) is 0 Å². The summed E-state index contributed by atoms with van der Waals surface area (Å²) < 4.78 is 4.85. The van der Waals surface area contributed by atoms with Gasteiger partial charge in [-0.15, -0.1) is 0 Å². The van der Waals surface area contributed by atoms with E-state index in [0.717, 1.165) is 0 Å². The van der Waals surface area contributed by atoms with Crippen molar-refractivity contribution < 1.29 is 14.6 Å². The molecule has 1 rings (SSSR count). The number of rotatable bonds is 3. The number of primary amides is 1. The number of epoxide rings is 1. The molecule has 0 unspecified atom stereocenters. The van der Waals surface area contributed by atoms with Crippen molar-refractivity contribution in [3.63, 3.8) is 0 Å². The number of aliphatic hydroxyl groups excluding tert-OH is 1. The summed E-state index contributed by atoms with van der Waals surface area (Å²) >= 11 is 0. The molecule has 4 heteroatoms. The van der Waals surface area contributed by atoms with Crippen molar-refractivity contribution in [1.82, 2.24) is 0 Å². The first-order valence-electron chi connectivity index (χ1n) is 3.24. The third-order valence-corrected chi connectivity index (χ3v) is 1.44. The van der Waals surface area contributed by atoms with E-state index >= 15 is 0 Å². The second-order valence-electron chi connectivity index (χ2n) is 2.58. The largest absolute Gasteiger partial charge is 0.393 e. The molecule has 1 heterocycles. The lowest BCUT2D eigenvalue weighted by Crippen LogP contribution is -2.21. The molecule has 1 fully saturated rings. The molecule has 0 bridgehead atoms. The van der Waals surface area contributed by atoms with E-state index in [1.165, 1.54) is 0 Å². The second-order valence-corrected chi connectivity index (χ2v) is 2.58. The highest BCUT2D eigenvalue weighted by molar-refractivity contribution is 5.81. The van der Waals surface area contributed by atoms with Gasteiger partial charge in [-0.25, -0.2) is 0 Å². The minimum atomic E-state index is -0.449. The fraction of sp³-hybridized carbons (Fsp3) is 0.833.